The second-order valence-electron chi connectivity index (χ2n) is 1.05. The van der Waals surface area contributed by atoms with E-state index in [1.54, 1.807) is 0 Å². The van der Waals surface area contributed by atoms with E-state index in [4.69, 9.17) is 5.73 Å². The zero-order valence-electron chi connectivity index (χ0n) is 4.20. The molecule has 0 fully saturated rings. The van der Waals surface area contributed by atoms with Crippen LogP contribution in [-0.4, -0.2) is 18.4 Å². The first-order valence-electron chi connectivity index (χ1n) is 2.05. The van der Waals surface area contributed by atoms with Crippen molar-refractivity contribution < 1.29 is 0 Å². The molecule has 0 radical (unpaired) electrons. The lowest BCUT2D eigenvalue weighted by Gasteiger charge is -2.18. The summed E-state index contributed by atoms with van der Waals surface area (Å²) in [5, 5.41) is 11.7. The maximum absolute atomic E-state index is 9.84. The van der Waals surface area contributed by atoms with Gasteiger partial charge < -0.3 is 10.9 Å². The van der Waals surface area contributed by atoms with Gasteiger partial charge in [0.15, 0.2) is 0 Å². The normalized spacial score (nSPS) is 8.75. The molecule has 0 aromatic carbocycles. The number of rotatable bonds is 4. The highest BCUT2D eigenvalue weighted by molar-refractivity contribution is 4.42. The van der Waals surface area contributed by atoms with Crippen LogP contribution in [0.15, 0.2) is 5.29 Å². The maximum Gasteiger partial charge on any atom is 0.0576 e. The number of nitrogens with zero attached hydrogens (tertiary/aromatic N) is 2. The summed E-state index contributed by atoms with van der Waals surface area (Å²) in [7, 11) is 0. The van der Waals surface area contributed by atoms with Crippen LogP contribution < -0.4 is 11.2 Å². The lowest BCUT2D eigenvalue weighted by Crippen LogP contribution is -2.32. The lowest BCUT2D eigenvalue weighted by molar-refractivity contribution is 0.285. The molecule has 0 saturated carbocycles. The Morgan fingerprint density at radius 2 is 2.50 bits per heavy atom. The van der Waals surface area contributed by atoms with E-state index >= 15 is 0 Å². The second-order valence-corrected chi connectivity index (χ2v) is 1.05. The van der Waals surface area contributed by atoms with Gasteiger partial charge in [-0.15, -0.1) is 4.91 Å². The van der Waals surface area contributed by atoms with E-state index < -0.39 is 0 Å². The average Bonchev–Trinajstić information content (AvgIpc) is 1.83. The summed E-state index contributed by atoms with van der Waals surface area (Å²) in [6.45, 7) is 0.559. The van der Waals surface area contributed by atoms with Gasteiger partial charge in [0.05, 0.1) is 5.29 Å². The van der Waals surface area contributed by atoms with E-state index in [1.807, 2.05) is 5.29 Å². The predicted molar refractivity (Wildman–Crippen MR) is 28.1 cm³/mol. The van der Waals surface area contributed by atoms with Gasteiger partial charge in [-0.05, 0) is 0 Å². The molecule has 0 saturated heterocycles. The molecule has 0 bridgehead atoms. The van der Waals surface area contributed by atoms with Gasteiger partial charge in [-0.2, -0.15) is 0 Å². The van der Waals surface area contributed by atoms with Crippen molar-refractivity contribution in [1.29, 1.82) is 0 Å². The largest absolute Gasteiger partial charge is 0.724 e. The van der Waals surface area contributed by atoms with Gasteiger partial charge in [0.25, 0.3) is 0 Å². The quantitative estimate of drug-likeness (QED) is 0.363. The van der Waals surface area contributed by atoms with Gasteiger partial charge in [0, 0.05) is 13.1 Å². The third kappa shape index (κ3) is 3.47. The van der Waals surface area contributed by atoms with E-state index in [2.05, 4.69) is 5.43 Å². The van der Waals surface area contributed by atoms with Crippen LogP contribution in [0.5, 0.6) is 0 Å². The number of nitrogens with two attached hydrogens (primary N) is 1. The molecular weight excluding hydrogens is 112 g/mol. The maximum atomic E-state index is 9.84. The van der Waals surface area contributed by atoms with Crippen LogP contribution in [0.1, 0.15) is 0 Å². The van der Waals surface area contributed by atoms with Crippen molar-refractivity contribution in [1.82, 2.24) is 10.7 Å². The Bertz CT molecular complexity index is 67.1. The average molecular weight is 119 g/mol. The Labute approximate surface area is 46.1 Å². The number of hydrogen-bond donors (Lipinski definition) is 2. The van der Waals surface area contributed by atoms with Crippen LogP contribution in [0.4, 0.5) is 0 Å². The Hall–Kier alpha value is -0.720. The summed E-state index contributed by atoms with van der Waals surface area (Å²) in [5.74, 6) is 0. The first kappa shape index (κ1) is 7.28. The molecule has 6 nitrogen and oxygen atoms in total. The standard InChI is InChI=1S/C2H7N4O2/c3-1-2-4-6(8)5-7/h4H,1-3H2/q-1. The summed E-state index contributed by atoms with van der Waals surface area (Å²) in [6, 6.07) is 0. The summed E-state index contributed by atoms with van der Waals surface area (Å²) >= 11 is 0. The van der Waals surface area contributed by atoms with Crippen molar-refractivity contribution in [2.75, 3.05) is 13.1 Å². The Morgan fingerprint density at radius 3 is 2.88 bits per heavy atom. The highest BCUT2D eigenvalue weighted by atomic mass is 16.6. The molecule has 3 N–H and O–H groups in total. The number of hydrogen-bond acceptors (Lipinski definition) is 5. The first-order chi connectivity index (χ1) is 3.81. The summed E-state index contributed by atoms with van der Waals surface area (Å²) in [4.78, 5) is 9.27. The molecule has 0 aliphatic carbocycles. The van der Waals surface area contributed by atoms with Gasteiger partial charge in [-0.25, -0.2) is 5.43 Å². The molecule has 0 aliphatic rings. The highest BCUT2D eigenvalue weighted by Gasteiger charge is 1.80. The van der Waals surface area contributed by atoms with Crippen molar-refractivity contribution >= 4 is 0 Å². The Balaban J connectivity index is 2.98. The monoisotopic (exact) mass is 119 g/mol. The smallest absolute Gasteiger partial charge is 0.0576 e. The Kier molecular flexibility index (Phi) is 4.04. The molecular formula is C2H7N4O2-. The SMILES string of the molecule is NCCNN([O-])N=O. The van der Waals surface area contributed by atoms with Gasteiger partial charge in [0.2, 0.25) is 0 Å². The van der Waals surface area contributed by atoms with Crippen molar-refractivity contribution in [2.45, 2.75) is 0 Å². The van der Waals surface area contributed by atoms with E-state index in [9.17, 15) is 10.1 Å². The molecule has 0 spiro atoms. The van der Waals surface area contributed by atoms with Crippen LogP contribution in [0, 0.1) is 10.1 Å². The minimum absolute atomic E-state index is 0.174. The first-order valence-corrected chi connectivity index (χ1v) is 2.05. The fourth-order valence-corrected chi connectivity index (χ4v) is 0.189. The predicted octanol–water partition coefficient (Wildman–Crippen LogP) is -1.07. The van der Waals surface area contributed by atoms with Crippen LogP contribution in [0.3, 0.4) is 0 Å². The van der Waals surface area contributed by atoms with Gasteiger partial charge in [-0.1, -0.05) is 0 Å². The zero-order valence-corrected chi connectivity index (χ0v) is 4.20. The Morgan fingerprint density at radius 1 is 1.88 bits per heavy atom. The minimum Gasteiger partial charge on any atom is -0.724 e. The minimum atomic E-state index is -0.174. The third-order valence-corrected chi connectivity index (χ3v) is 0.466. The third-order valence-electron chi connectivity index (χ3n) is 0.466. The fourth-order valence-electron chi connectivity index (χ4n) is 0.189. The van der Waals surface area contributed by atoms with E-state index in [1.165, 1.54) is 0 Å². The molecule has 8 heavy (non-hydrogen) atoms. The van der Waals surface area contributed by atoms with E-state index in [-0.39, 0.29) is 11.8 Å². The molecule has 0 unspecified atom stereocenters. The van der Waals surface area contributed by atoms with E-state index in [0.29, 0.717) is 6.54 Å². The van der Waals surface area contributed by atoms with Crippen LogP contribution in [-0.2, 0) is 0 Å². The summed E-state index contributed by atoms with van der Waals surface area (Å²) in [5.41, 5.74) is 7.02. The van der Waals surface area contributed by atoms with Crippen molar-refractivity contribution in [3.63, 3.8) is 0 Å². The van der Waals surface area contributed by atoms with E-state index in [0.717, 1.165) is 0 Å². The molecule has 0 atom stereocenters. The van der Waals surface area contributed by atoms with Crippen molar-refractivity contribution in [3.8, 4) is 0 Å². The molecule has 0 amide bonds. The number of nitroso groups, excluding NO2 is 1. The highest BCUT2D eigenvalue weighted by Crippen LogP contribution is 1.71. The zero-order chi connectivity index (χ0) is 6.41. The fraction of sp³-hybridized carbons (Fsp3) is 1.00. The van der Waals surface area contributed by atoms with Crippen molar-refractivity contribution in [2.24, 2.45) is 11.0 Å². The number of hydrazine groups is 1. The molecule has 0 heterocycles. The summed E-state index contributed by atoms with van der Waals surface area (Å²) in [6.07, 6.45) is 0. The van der Waals surface area contributed by atoms with Gasteiger partial charge >= 0.3 is 0 Å². The second kappa shape index (κ2) is 4.44. The molecule has 0 aromatic heterocycles. The molecule has 0 rings (SSSR count). The van der Waals surface area contributed by atoms with Crippen LogP contribution in [0.25, 0.3) is 0 Å². The van der Waals surface area contributed by atoms with Crippen LogP contribution >= 0.6 is 0 Å². The number of nitrogens with one attached hydrogen (secondary N) is 1. The van der Waals surface area contributed by atoms with Crippen LogP contribution in [0.2, 0.25) is 0 Å². The lowest BCUT2D eigenvalue weighted by atomic mass is 10.7. The summed E-state index contributed by atoms with van der Waals surface area (Å²) < 4.78 is 0. The molecule has 48 valence electrons. The topological polar surface area (TPSA) is 93.8 Å². The van der Waals surface area contributed by atoms with Crippen molar-refractivity contribution in [3.05, 3.63) is 10.1 Å². The molecule has 0 aliphatic heterocycles. The molecule has 6 heteroatoms. The van der Waals surface area contributed by atoms with Gasteiger partial charge in [-0.3, -0.25) is 5.28 Å². The van der Waals surface area contributed by atoms with Gasteiger partial charge in [0.1, 0.15) is 0 Å². The molecule has 0 aromatic rings.